The molecule has 0 heterocycles. The molecule has 1 N–H and O–H groups in total. The van der Waals surface area contributed by atoms with E-state index in [0.29, 0.717) is 12.3 Å². The molecular formula is C9H16O2. The summed E-state index contributed by atoms with van der Waals surface area (Å²) in [5, 5.41) is 9.50. The maximum atomic E-state index is 10.7. The second-order valence-electron chi connectivity index (χ2n) is 3.52. The van der Waals surface area contributed by atoms with E-state index in [2.05, 4.69) is 0 Å². The van der Waals surface area contributed by atoms with E-state index in [1.165, 1.54) is 19.8 Å². The molecule has 0 aliphatic heterocycles. The third-order valence-corrected chi connectivity index (χ3v) is 2.44. The number of ketones is 1. The Morgan fingerprint density at radius 3 is 2.55 bits per heavy atom. The van der Waals surface area contributed by atoms with Gasteiger partial charge in [0.1, 0.15) is 5.78 Å². The first-order chi connectivity index (χ1) is 5.20. The molecule has 2 heteroatoms. The summed E-state index contributed by atoms with van der Waals surface area (Å²) < 4.78 is 0. The minimum absolute atomic E-state index is 0.101. The summed E-state index contributed by atoms with van der Waals surface area (Å²) >= 11 is 0. The van der Waals surface area contributed by atoms with Gasteiger partial charge in [-0.2, -0.15) is 0 Å². The first kappa shape index (κ1) is 8.72. The fraction of sp³-hybridized carbons (Fsp3) is 0.889. The van der Waals surface area contributed by atoms with Crippen LogP contribution in [0.25, 0.3) is 0 Å². The standard InChI is InChI=1S/C9H16O2/c1-7(10)6-9(11)8-4-2-3-5-8/h8-9,11H,2-6H2,1H3/t9-/m0/s1. The quantitative estimate of drug-likeness (QED) is 0.672. The van der Waals surface area contributed by atoms with Gasteiger partial charge in [0.15, 0.2) is 0 Å². The Bertz CT molecular complexity index is 136. The largest absolute Gasteiger partial charge is 0.392 e. The maximum absolute atomic E-state index is 10.7. The average Bonchev–Trinajstić information content (AvgIpc) is 2.35. The van der Waals surface area contributed by atoms with Crippen molar-refractivity contribution in [2.24, 2.45) is 5.92 Å². The highest BCUT2D eigenvalue weighted by Gasteiger charge is 2.23. The molecule has 0 spiro atoms. The van der Waals surface area contributed by atoms with Crippen LogP contribution < -0.4 is 0 Å². The van der Waals surface area contributed by atoms with Crippen LogP contribution in [-0.4, -0.2) is 17.0 Å². The molecule has 2 nitrogen and oxygen atoms in total. The zero-order valence-electron chi connectivity index (χ0n) is 7.05. The van der Waals surface area contributed by atoms with Gasteiger partial charge in [0, 0.05) is 6.42 Å². The second-order valence-corrected chi connectivity index (χ2v) is 3.52. The summed E-state index contributed by atoms with van der Waals surface area (Å²) in [4.78, 5) is 10.7. The Morgan fingerprint density at radius 1 is 1.55 bits per heavy atom. The molecule has 1 aliphatic rings. The molecule has 64 valence electrons. The Morgan fingerprint density at radius 2 is 2.09 bits per heavy atom. The van der Waals surface area contributed by atoms with Crippen molar-refractivity contribution in [3.05, 3.63) is 0 Å². The summed E-state index contributed by atoms with van der Waals surface area (Å²) in [5.74, 6) is 0.503. The average molecular weight is 156 g/mol. The maximum Gasteiger partial charge on any atom is 0.132 e. The topological polar surface area (TPSA) is 37.3 Å². The van der Waals surface area contributed by atoms with Crippen molar-refractivity contribution in [1.82, 2.24) is 0 Å². The lowest BCUT2D eigenvalue weighted by molar-refractivity contribution is -0.119. The van der Waals surface area contributed by atoms with E-state index in [-0.39, 0.29) is 11.9 Å². The van der Waals surface area contributed by atoms with Gasteiger partial charge in [-0.05, 0) is 25.7 Å². The molecule has 1 aliphatic carbocycles. The number of carbonyl (C=O) groups is 1. The van der Waals surface area contributed by atoms with E-state index in [4.69, 9.17) is 0 Å². The van der Waals surface area contributed by atoms with Gasteiger partial charge < -0.3 is 5.11 Å². The Hall–Kier alpha value is -0.370. The van der Waals surface area contributed by atoms with Gasteiger partial charge in [-0.3, -0.25) is 4.79 Å². The van der Waals surface area contributed by atoms with Gasteiger partial charge in [-0.1, -0.05) is 12.8 Å². The van der Waals surface area contributed by atoms with Gasteiger partial charge >= 0.3 is 0 Å². The van der Waals surface area contributed by atoms with Gasteiger partial charge in [0.05, 0.1) is 6.10 Å². The third kappa shape index (κ3) is 2.62. The van der Waals surface area contributed by atoms with Gasteiger partial charge in [0.25, 0.3) is 0 Å². The summed E-state index contributed by atoms with van der Waals surface area (Å²) in [6.07, 6.45) is 4.64. The van der Waals surface area contributed by atoms with Crippen LogP contribution in [0.4, 0.5) is 0 Å². The lowest BCUT2D eigenvalue weighted by Crippen LogP contribution is -2.20. The van der Waals surface area contributed by atoms with Crippen LogP contribution in [0.3, 0.4) is 0 Å². The highest BCUT2D eigenvalue weighted by molar-refractivity contribution is 5.75. The molecule has 0 unspecified atom stereocenters. The van der Waals surface area contributed by atoms with Gasteiger partial charge in [-0.15, -0.1) is 0 Å². The van der Waals surface area contributed by atoms with Crippen molar-refractivity contribution in [2.45, 2.75) is 45.1 Å². The number of Topliss-reactive ketones (excluding diaryl/α,β-unsaturated/α-hetero) is 1. The SMILES string of the molecule is CC(=O)C[C@H](O)C1CCCC1. The lowest BCUT2D eigenvalue weighted by atomic mass is 9.97. The first-order valence-corrected chi connectivity index (χ1v) is 4.37. The molecule has 0 bridgehead atoms. The van der Waals surface area contributed by atoms with Crippen molar-refractivity contribution < 1.29 is 9.90 Å². The number of hydrogen-bond donors (Lipinski definition) is 1. The van der Waals surface area contributed by atoms with Crippen LogP contribution in [0.2, 0.25) is 0 Å². The minimum Gasteiger partial charge on any atom is -0.392 e. The lowest BCUT2D eigenvalue weighted by Gasteiger charge is -2.15. The zero-order valence-corrected chi connectivity index (χ0v) is 7.05. The number of hydrogen-bond acceptors (Lipinski definition) is 2. The van der Waals surface area contributed by atoms with E-state index < -0.39 is 0 Å². The molecule has 0 saturated heterocycles. The van der Waals surface area contributed by atoms with Crippen molar-refractivity contribution in [1.29, 1.82) is 0 Å². The third-order valence-electron chi connectivity index (χ3n) is 2.44. The molecular weight excluding hydrogens is 140 g/mol. The van der Waals surface area contributed by atoms with Gasteiger partial charge in [-0.25, -0.2) is 0 Å². The van der Waals surface area contributed by atoms with Crippen molar-refractivity contribution in [2.75, 3.05) is 0 Å². The number of carbonyl (C=O) groups excluding carboxylic acids is 1. The van der Waals surface area contributed by atoms with E-state index in [1.807, 2.05) is 0 Å². The van der Waals surface area contributed by atoms with E-state index in [9.17, 15) is 9.90 Å². The summed E-state index contributed by atoms with van der Waals surface area (Å²) in [7, 11) is 0. The van der Waals surface area contributed by atoms with E-state index in [1.54, 1.807) is 0 Å². The van der Waals surface area contributed by atoms with Gasteiger partial charge in [0.2, 0.25) is 0 Å². The van der Waals surface area contributed by atoms with Crippen LogP contribution in [0.1, 0.15) is 39.0 Å². The Kier molecular flexibility index (Phi) is 3.06. The molecule has 1 rings (SSSR count). The minimum atomic E-state index is -0.366. The smallest absolute Gasteiger partial charge is 0.132 e. The van der Waals surface area contributed by atoms with Crippen LogP contribution in [0.15, 0.2) is 0 Å². The van der Waals surface area contributed by atoms with Crippen molar-refractivity contribution in [3.8, 4) is 0 Å². The highest BCUT2D eigenvalue weighted by atomic mass is 16.3. The molecule has 1 saturated carbocycles. The van der Waals surface area contributed by atoms with Crippen LogP contribution in [0, 0.1) is 5.92 Å². The predicted molar refractivity (Wildman–Crippen MR) is 43.3 cm³/mol. The molecule has 0 aromatic heterocycles. The summed E-state index contributed by atoms with van der Waals surface area (Å²) in [6.45, 7) is 1.54. The van der Waals surface area contributed by atoms with Crippen LogP contribution >= 0.6 is 0 Å². The highest BCUT2D eigenvalue weighted by Crippen LogP contribution is 2.28. The molecule has 1 atom stereocenters. The second kappa shape index (κ2) is 3.86. The summed E-state index contributed by atoms with van der Waals surface area (Å²) in [6, 6.07) is 0. The molecule has 11 heavy (non-hydrogen) atoms. The van der Waals surface area contributed by atoms with Crippen LogP contribution in [-0.2, 0) is 4.79 Å². The van der Waals surface area contributed by atoms with Crippen LogP contribution in [0.5, 0.6) is 0 Å². The normalized spacial score (nSPS) is 22.0. The molecule has 0 aromatic rings. The number of aliphatic hydroxyl groups is 1. The molecule has 1 fully saturated rings. The zero-order chi connectivity index (χ0) is 8.27. The van der Waals surface area contributed by atoms with Crippen molar-refractivity contribution in [3.63, 3.8) is 0 Å². The number of aliphatic hydroxyl groups excluding tert-OH is 1. The Balaban J connectivity index is 2.28. The molecule has 0 amide bonds. The Labute approximate surface area is 67.6 Å². The number of rotatable bonds is 3. The molecule has 0 aromatic carbocycles. The van der Waals surface area contributed by atoms with Crippen molar-refractivity contribution >= 4 is 5.78 Å². The fourth-order valence-electron chi connectivity index (χ4n) is 1.80. The first-order valence-electron chi connectivity index (χ1n) is 4.37. The van der Waals surface area contributed by atoms with E-state index in [0.717, 1.165) is 12.8 Å². The monoisotopic (exact) mass is 156 g/mol. The van der Waals surface area contributed by atoms with E-state index >= 15 is 0 Å². The summed E-state index contributed by atoms with van der Waals surface area (Å²) in [5.41, 5.74) is 0. The fourth-order valence-corrected chi connectivity index (χ4v) is 1.80. The molecule has 0 radical (unpaired) electrons. The predicted octanol–water partition coefficient (Wildman–Crippen LogP) is 1.52.